The van der Waals surface area contributed by atoms with Crippen molar-refractivity contribution in [2.75, 3.05) is 13.1 Å². The molecule has 3 heteroatoms. The van der Waals surface area contributed by atoms with Crippen LogP contribution in [0.15, 0.2) is 0 Å². The van der Waals surface area contributed by atoms with E-state index in [0.29, 0.717) is 5.41 Å². The maximum Gasteiger partial charge on any atom is 0.0540 e. The second kappa shape index (κ2) is 4.63. The fourth-order valence-corrected chi connectivity index (χ4v) is 2.67. The zero-order valence-corrected chi connectivity index (χ0v) is 8.91. The van der Waals surface area contributed by atoms with Gasteiger partial charge in [0.05, 0.1) is 6.10 Å². The molecule has 1 heterocycles. The van der Waals surface area contributed by atoms with Crippen molar-refractivity contribution in [3.05, 3.63) is 0 Å². The fourth-order valence-electron chi connectivity index (χ4n) is 2.67. The molecule has 0 unspecified atom stereocenters. The van der Waals surface area contributed by atoms with Gasteiger partial charge >= 0.3 is 0 Å². The highest BCUT2D eigenvalue weighted by Crippen LogP contribution is 2.42. The molecule has 1 aliphatic heterocycles. The summed E-state index contributed by atoms with van der Waals surface area (Å²) in [6.07, 6.45) is 7.27. The number of aliphatic hydroxyl groups is 1. The maximum atomic E-state index is 9.41. The highest BCUT2D eigenvalue weighted by molar-refractivity contribution is 5.85. The van der Waals surface area contributed by atoms with Crippen LogP contribution in [0.1, 0.15) is 38.5 Å². The van der Waals surface area contributed by atoms with Gasteiger partial charge in [-0.3, -0.25) is 0 Å². The van der Waals surface area contributed by atoms with Crippen LogP contribution in [-0.4, -0.2) is 24.3 Å². The molecular formula is C10H20ClNO. The SMILES string of the molecule is Cl.OC1CCC2(CCNCC2)CC1. The van der Waals surface area contributed by atoms with Gasteiger partial charge in [-0.25, -0.2) is 0 Å². The highest BCUT2D eigenvalue weighted by atomic mass is 35.5. The Kier molecular flexibility index (Phi) is 4.02. The Morgan fingerprint density at radius 3 is 2.08 bits per heavy atom. The van der Waals surface area contributed by atoms with Gasteiger partial charge in [0.1, 0.15) is 0 Å². The molecule has 13 heavy (non-hydrogen) atoms. The summed E-state index contributed by atoms with van der Waals surface area (Å²) in [6.45, 7) is 2.38. The Bertz CT molecular complexity index is 147. The Morgan fingerprint density at radius 2 is 1.54 bits per heavy atom. The van der Waals surface area contributed by atoms with Crippen LogP contribution in [0.2, 0.25) is 0 Å². The summed E-state index contributed by atoms with van der Waals surface area (Å²) in [4.78, 5) is 0. The summed E-state index contributed by atoms with van der Waals surface area (Å²) in [5.41, 5.74) is 0.616. The molecule has 2 N–H and O–H groups in total. The predicted molar refractivity (Wildman–Crippen MR) is 56.3 cm³/mol. The molecule has 2 fully saturated rings. The first-order chi connectivity index (χ1) is 5.81. The summed E-state index contributed by atoms with van der Waals surface area (Å²) >= 11 is 0. The number of piperidine rings is 1. The van der Waals surface area contributed by atoms with E-state index in [-0.39, 0.29) is 18.5 Å². The largest absolute Gasteiger partial charge is 0.393 e. The molecule has 0 atom stereocenters. The van der Waals surface area contributed by atoms with Crippen LogP contribution < -0.4 is 5.32 Å². The first-order valence-electron chi connectivity index (χ1n) is 5.20. The molecule has 0 aromatic rings. The Balaban J connectivity index is 0.000000845. The van der Waals surface area contributed by atoms with Crippen molar-refractivity contribution in [3.63, 3.8) is 0 Å². The summed E-state index contributed by atoms with van der Waals surface area (Å²) in [6, 6.07) is 0. The van der Waals surface area contributed by atoms with Crippen LogP contribution in [0.5, 0.6) is 0 Å². The Morgan fingerprint density at radius 1 is 1.00 bits per heavy atom. The summed E-state index contributed by atoms with van der Waals surface area (Å²) in [7, 11) is 0. The van der Waals surface area contributed by atoms with Crippen LogP contribution in [0, 0.1) is 5.41 Å². The lowest BCUT2D eigenvalue weighted by atomic mass is 9.68. The molecule has 1 saturated carbocycles. The van der Waals surface area contributed by atoms with E-state index in [1.165, 1.54) is 38.8 Å². The van der Waals surface area contributed by atoms with Gasteiger partial charge in [-0.2, -0.15) is 0 Å². The van der Waals surface area contributed by atoms with E-state index < -0.39 is 0 Å². The van der Waals surface area contributed by atoms with Crippen LogP contribution in [0.25, 0.3) is 0 Å². The molecular weight excluding hydrogens is 186 g/mol. The number of aliphatic hydroxyl groups excluding tert-OH is 1. The lowest BCUT2D eigenvalue weighted by Crippen LogP contribution is -2.39. The molecule has 1 aliphatic carbocycles. The second-order valence-corrected chi connectivity index (χ2v) is 4.48. The first-order valence-corrected chi connectivity index (χ1v) is 5.20. The fraction of sp³-hybridized carbons (Fsp3) is 1.00. The van der Waals surface area contributed by atoms with Gasteiger partial charge in [0.25, 0.3) is 0 Å². The van der Waals surface area contributed by atoms with Gasteiger partial charge in [0, 0.05) is 0 Å². The van der Waals surface area contributed by atoms with Crippen molar-refractivity contribution >= 4 is 12.4 Å². The van der Waals surface area contributed by atoms with E-state index in [4.69, 9.17) is 0 Å². The number of halogens is 1. The molecule has 0 amide bonds. The van der Waals surface area contributed by atoms with Gasteiger partial charge < -0.3 is 10.4 Å². The molecule has 1 saturated heterocycles. The van der Waals surface area contributed by atoms with Crippen molar-refractivity contribution in [3.8, 4) is 0 Å². The van der Waals surface area contributed by atoms with E-state index in [1.807, 2.05) is 0 Å². The molecule has 0 bridgehead atoms. The number of hydrogen-bond acceptors (Lipinski definition) is 2. The lowest BCUT2D eigenvalue weighted by molar-refractivity contribution is 0.0440. The lowest BCUT2D eigenvalue weighted by Gasteiger charge is -2.42. The topological polar surface area (TPSA) is 32.3 Å². The third kappa shape index (κ3) is 2.58. The Hall–Kier alpha value is 0.210. The van der Waals surface area contributed by atoms with Crippen LogP contribution >= 0.6 is 12.4 Å². The average molecular weight is 206 g/mol. The number of nitrogens with one attached hydrogen (secondary N) is 1. The molecule has 2 nitrogen and oxygen atoms in total. The maximum absolute atomic E-state index is 9.41. The zero-order chi connectivity index (χ0) is 8.44. The highest BCUT2D eigenvalue weighted by Gasteiger charge is 2.35. The summed E-state index contributed by atoms with van der Waals surface area (Å²) in [5.74, 6) is 0. The van der Waals surface area contributed by atoms with Gasteiger partial charge in [0.2, 0.25) is 0 Å². The number of hydrogen-bond donors (Lipinski definition) is 2. The van der Waals surface area contributed by atoms with Crippen molar-refractivity contribution in [1.82, 2.24) is 5.32 Å². The first kappa shape index (κ1) is 11.3. The van der Waals surface area contributed by atoms with E-state index in [1.54, 1.807) is 0 Å². The quantitative estimate of drug-likeness (QED) is 0.631. The third-order valence-electron chi connectivity index (χ3n) is 3.68. The zero-order valence-electron chi connectivity index (χ0n) is 8.09. The van der Waals surface area contributed by atoms with Crippen LogP contribution in [0.3, 0.4) is 0 Å². The van der Waals surface area contributed by atoms with Gasteiger partial charge in [0.15, 0.2) is 0 Å². The van der Waals surface area contributed by atoms with E-state index >= 15 is 0 Å². The molecule has 1 spiro atoms. The second-order valence-electron chi connectivity index (χ2n) is 4.48. The van der Waals surface area contributed by atoms with Gasteiger partial charge in [-0.05, 0) is 57.0 Å². The van der Waals surface area contributed by atoms with E-state index in [2.05, 4.69) is 5.32 Å². The smallest absolute Gasteiger partial charge is 0.0540 e. The van der Waals surface area contributed by atoms with Crippen molar-refractivity contribution < 1.29 is 5.11 Å². The standard InChI is InChI=1S/C10H19NO.ClH/c12-9-1-3-10(4-2-9)5-7-11-8-6-10;/h9,11-12H,1-8H2;1H. The normalized spacial score (nSPS) is 28.4. The summed E-state index contributed by atoms with van der Waals surface area (Å²) in [5, 5.41) is 12.8. The molecule has 2 aliphatic rings. The van der Waals surface area contributed by atoms with Crippen molar-refractivity contribution in [2.45, 2.75) is 44.6 Å². The molecule has 0 radical (unpaired) electrons. The van der Waals surface area contributed by atoms with Gasteiger partial charge in [-0.15, -0.1) is 12.4 Å². The summed E-state index contributed by atoms with van der Waals surface area (Å²) < 4.78 is 0. The van der Waals surface area contributed by atoms with E-state index in [0.717, 1.165) is 12.8 Å². The monoisotopic (exact) mass is 205 g/mol. The molecule has 2 rings (SSSR count). The molecule has 78 valence electrons. The minimum Gasteiger partial charge on any atom is -0.393 e. The van der Waals surface area contributed by atoms with Crippen LogP contribution in [0.4, 0.5) is 0 Å². The minimum absolute atomic E-state index is 0. The predicted octanol–water partition coefficient (Wildman–Crippen LogP) is 1.71. The van der Waals surface area contributed by atoms with Crippen molar-refractivity contribution in [2.24, 2.45) is 5.41 Å². The average Bonchev–Trinajstić information content (AvgIpc) is 2.13. The number of rotatable bonds is 0. The van der Waals surface area contributed by atoms with Crippen LogP contribution in [-0.2, 0) is 0 Å². The van der Waals surface area contributed by atoms with E-state index in [9.17, 15) is 5.11 Å². The van der Waals surface area contributed by atoms with Crippen molar-refractivity contribution in [1.29, 1.82) is 0 Å². The molecule has 0 aromatic carbocycles. The molecule has 0 aromatic heterocycles. The Labute approximate surface area is 86.5 Å². The third-order valence-corrected chi connectivity index (χ3v) is 3.68. The minimum atomic E-state index is 0. The van der Waals surface area contributed by atoms with Gasteiger partial charge in [-0.1, -0.05) is 0 Å².